The molecular weight excluding hydrogens is 646 g/mol. The van der Waals surface area contributed by atoms with E-state index >= 15 is 0 Å². The molecule has 5 nitrogen and oxygen atoms in total. The summed E-state index contributed by atoms with van der Waals surface area (Å²) in [6.07, 6.45) is 2.02. The number of carbonyl (C=O) groups excluding carboxylic acids is 1. The minimum Gasteiger partial charge on any atom is -0.457 e. The van der Waals surface area contributed by atoms with Crippen LogP contribution in [0.2, 0.25) is 0 Å². The fraction of sp³-hybridized carbons (Fsp3) is 0.135. The van der Waals surface area contributed by atoms with Gasteiger partial charge in [0, 0.05) is 46.4 Å². The number of nitrogens with zero attached hydrogens (tertiary/aromatic N) is 2. The van der Waals surface area contributed by atoms with Crippen LogP contribution in [0.1, 0.15) is 27.9 Å². The van der Waals surface area contributed by atoms with E-state index in [1.807, 2.05) is 47.4 Å². The van der Waals surface area contributed by atoms with Gasteiger partial charge in [-0.3, -0.25) is 9.79 Å². The zero-order valence-corrected chi connectivity index (χ0v) is 26.6. The summed E-state index contributed by atoms with van der Waals surface area (Å²) in [6, 6.07) is 26.8. The average molecular weight is 677 g/mol. The number of rotatable bonds is 10. The quantitative estimate of drug-likeness (QED) is 0.134. The summed E-state index contributed by atoms with van der Waals surface area (Å²) in [7, 11) is 0. The molecule has 1 atom stereocenters. The summed E-state index contributed by atoms with van der Waals surface area (Å²) in [5.74, 6) is 0.721. The third-order valence-electron chi connectivity index (χ3n) is 7.55. The zero-order chi connectivity index (χ0) is 33.6. The van der Waals surface area contributed by atoms with Crippen LogP contribution in [0, 0.1) is 5.92 Å². The Morgan fingerprint density at radius 2 is 1.62 bits per heavy atom. The predicted octanol–water partition coefficient (Wildman–Crippen LogP) is 10.1. The number of anilines is 1. The van der Waals surface area contributed by atoms with E-state index in [0.717, 1.165) is 40.3 Å². The summed E-state index contributed by atoms with van der Waals surface area (Å²) in [5.41, 5.74) is 8.67. The number of primary amides is 1. The van der Waals surface area contributed by atoms with Crippen LogP contribution in [0.4, 0.5) is 18.9 Å². The lowest BCUT2D eigenvalue weighted by atomic mass is 10.0. The molecule has 1 aliphatic rings. The number of alkyl halides is 3. The minimum atomic E-state index is -4.45. The smallest absolute Gasteiger partial charge is 0.416 e. The molecule has 5 rings (SSSR count). The molecule has 2 N–H and O–H groups in total. The fourth-order valence-corrected chi connectivity index (χ4v) is 5.54. The lowest BCUT2D eigenvalue weighted by molar-refractivity contribution is -0.137. The van der Waals surface area contributed by atoms with Gasteiger partial charge in [-0.25, -0.2) is 0 Å². The molecule has 47 heavy (non-hydrogen) atoms. The Labute approximate surface area is 281 Å². The number of amidine groups is 1. The standard InChI is InChI=1S/C37H30Cl2F3N3O2/c1-2-45(31-16-11-27(12-17-31)36(43)46)35(44-23-28-10-15-30(38)22-34(28)39)20-24-6-8-25(9-7-24)26-13-18-32(19-14-26)47-33-5-3-4-29(21-33)37(40,41)42/h2-9,11-19,21-22,28H,1,10,20,23H2,(H2,43,46). The van der Waals surface area contributed by atoms with Crippen molar-refractivity contribution in [3.05, 3.63) is 149 Å². The van der Waals surface area contributed by atoms with E-state index in [2.05, 4.69) is 6.58 Å². The molecule has 1 unspecified atom stereocenters. The van der Waals surface area contributed by atoms with E-state index in [0.29, 0.717) is 40.8 Å². The van der Waals surface area contributed by atoms with Crippen molar-refractivity contribution in [3.63, 3.8) is 0 Å². The molecule has 0 heterocycles. The van der Waals surface area contributed by atoms with Crippen molar-refractivity contribution >= 4 is 40.6 Å². The largest absolute Gasteiger partial charge is 0.457 e. The van der Waals surface area contributed by atoms with Gasteiger partial charge in [-0.15, -0.1) is 0 Å². The lowest BCUT2D eigenvalue weighted by Crippen LogP contribution is -2.28. The highest BCUT2D eigenvalue weighted by Gasteiger charge is 2.30. The van der Waals surface area contributed by atoms with Crippen LogP contribution in [0.25, 0.3) is 11.1 Å². The van der Waals surface area contributed by atoms with E-state index in [-0.39, 0.29) is 11.7 Å². The second kappa shape index (κ2) is 14.8. The van der Waals surface area contributed by atoms with Gasteiger partial charge in [0.1, 0.15) is 17.3 Å². The first-order chi connectivity index (χ1) is 22.5. The van der Waals surface area contributed by atoms with Crippen molar-refractivity contribution in [1.29, 1.82) is 0 Å². The van der Waals surface area contributed by atoms with Gasteiger partial charge in [0.15, 0.2) is 0 Å². The van der Waals surface area contributed by atoms with Crippen molar-refractivity contribution in [3.8, 4) is 22.6 Å². The van der Waals surface area contributed by atoms with Crippen molar-refractivity contribution in [2.75, 3.05) is 11.4 Å². The third-order valence-corrected chi connectivity index (χ3v) is 8.23. The average Bonchev–Trinajstić information content (AvgIpc) is 3.05. The molecule has 1 aliphatic carbocycles. The molecule has 0 aliphatic heterocycles. The normalized spacial score (nSPS) is 15.0. The van der Waals surface area contributed by atoms with Gasteiger partial charge in [-0.2, -0.15) is 13.2 Å². The second-order valence-electron chi connectivity index (χ2n) is 10.8. The summed E-state index contributed by atoms with van der Waals surface area (Å²) < 4.78 is 44.9. The van der Waals surface area contributed by atoms with Gasteiger partial charge in [0.25, 0.3) is 0 Å². The number of hydrogen-bond donors (Lipinski definition) is 1. The SMILES string of the molecule is C=CN(C(Cc1ccc(-c2ccc(Oc3cccc(C(F)(F)F)c3)cc2)cc1)=NCC1CC=C(Cl)C=C1Cl)c1ccc(C(N)=O)cc1. The van der Waals surface area contributed by atoms with Crippen LogP contribution in [0.3, 0.4) is 0 Å². The highest BCUT2D eigenvalue weighted by Crippen LogP contribution is 2.34. The summed E-state index contributed by atoms with van der Waals surface area (Å²) >= 11 is 12.6. The predicted molar refractivity (Wildman–Crippen MR) is 183 cm³/mol. The van der Waals surface area contributed by atoms with Crippen LogP contribution in [0.5, 0.6) is 11.5 Å². The van der Waals surface area contributed by atoms with Crippen LogP contribution in [-0.2, 0) is 12.6 Å². The fourth-order valence-electron chi connectivity index (χ4n) is 5.00. The summed E-state index contributed by atoms with van der Waals surface area (Å²) in [6.45, 7) is 4.44. The Balaban J connectivity index is 1.34. The van der Waals surface area contributed by atoms with Crippen molar-refractivity contribution in [1.82, 2.24) is 0 Å². The highest BCUT2D eigenvalue weighted by molar-refractivity contribution is 6.35. The Hall–Kier alpha value is -4.79. The van der Waals surface area contributed by atoms with Crippen LogP contribution in [-0.4, -0.2) is 18.3 Å². The van der Waals surface area contributed by atoms with Gasteiger partial charge in [0.2, 0.25) is 5.91 Å². The monoisotopic (exact) mass is 675 g/mol. The van der Waals surface area contributed by atoms with Gasteiger partial charge in [0.05, 0.1) is 5.56 Å². The van der Waals surface area contributed by atoms with Crippen LogP contribution in [0.15, 0.2) is 137 Å². The van der Waals surface area contributed by atoms with Crippen molar-refractivity contribution in [2.24, 2.45) is 16.6 Å². The Morgan fingerprint density at radius 3 is 2.21 bits per heavy atom. The number of carbonyl (C=O) groups is 1. The number of allylic oxidation sites excluding steroid dienone is 3. The number of halogens is 5. The second-order valence-corrected chi connectivity index (χ2v) is 11.7. The van der Waals surface area contributed by atoms with Gasteiger partial charge >= 0.3 is 6.18 Å². The maximum Gasteiger partial charge on any atom is 0.416 e. The molecule has 0 saturated heterocycles. The maximum absolute atomic E-state index is 13.1. The van der Waals surface area contributed by atoms with Crippen molar-refractivity contribution in [2.45, 2.75) is 19.0 Å². The topological polar surface area (TPSA) is 67.9 Å². The van der Waals surface area contributed by atoms with Crippen LogP contribution >= 0.6 is 23.2 Å². The molecule has 10 heteroatoms. The lowest BCUT2D eigenvalue weighted by Gasteiger charge is -2.24. The van der Waals surface area contributed by atoms with E-state index in [4.69, 9.17) is 38.7 Å². The molecule has 0 bridgehead atoms. The molecule has 0 aromatic heterocycles. The Kier molecular flexibility index (Phi) is 10.5. The first-order valence-electron chi connectivity index (χ1n) is 14.6. The van der Waals surface area contributed by atoms with E-state index in [1.165, 1.54) is 12.1 Å². The number of hydrogen-bond acceptors (Lipinski definition) is 3. The number of nitrogens with two attached hydrogens (primary N) is 1. The maximum atomic E-state index is 13.1. The van der Waals surface area contributed by atoms with Gasteiger partial charge in [-0.1, -0.05) is 78.3 Å². The van der Waals surface area contributed by atoms with Crippen LogP contribution < -0.4 is 15.4 Å². The molecule has 0 fully saturated rings. The number of aliphatic imine (C=N–C) groups is 1. The molecular formula is C37H30Cl2F3N3O2. The molecule has 4 aromatic carbocycles. The number of benzene rings is 4. The molecule has 0 spiro atoms. The third kappa shape index (κ3) is 8.73. The van der Waals surface area contributed by atoms with E-state index in [9.17, 15) is 18.0 Å². The molecule has 0 saturated carbocycles. The molecule has 1 amide bonds. The van der Waals surface area contributed by atoms with Crippen molar-refractivity contribution < 1.29 is 22.7 Å². The molecule has 240 valence electrons. The van der Waals surface area contributed by atoms with E-state index < -0.39 is 17.6 Å². The molecule has 4 aromatic rings. The van der Waals surface area contributed by atoms with E-state index in [1.54, 1.807) is 48.7 Å². The first kappa shape index (κ1) is 33.6. The van der Waals surface area contributed by atoms with Gasteiger partial charge in [-0.05, 0) is 83.8 Å². The number of ether oxygens (including phenoxy) is 1. The summed E-state index contributed by atoms with van der Waals surface area (Å²) in [4.78, 5) is 18.5. The Morgan fingerprint density at radius 1 is 0.957 bits per heavy atom. The van der Waals surface area contributed by atoms with Gasteiger partial charge < -0.3 is 15.4 Å². The zero-order valence-electron chi connectivity index (χ0n) is 25.1. The molecule has 0 radical (unpaired) electrons. The number of amides is 1. The summed E-state index contributed by atoms with van der Waals surface area (Å²) in [5, 5.41) is 1.25. The highest BCUT2D eigenvalue weighted by atomic mass is 35.5. The minimum absolute atomic E-state index is 0.0130. The Bertz CT molecular complexity index is 1830. The first-order valence-corrected chi connectivity index (χ1v) is 15.4.